The van der Waals surface area contributed by atoms with Crippen molar-refractivity contribution in [2.45, 2.75) is 25.3 Å². The SMILES string of the molecule is Nc1ccccc1C[C@@H](NC(=O)C1CC1)c1ccccc1. The van der Waals surface area contributed by atoms with Crippen LogP contribution in [0.1, 0.15) is 30.0 Å². The minimum absolute atomic E-state index is 0.0241. The van der Waals surface area contributed by atoms with Crippen LogP contribution in [0.15, 0.2) is 54.6 Å². The summed E-state index contributed by atoms with van der Waals surface area (Å²) in [6, 6.07) is 17.9. The van der Waals surface area contributed by atoms with Crippen LogP contribution in [0.2, 0.25) is 0 Å². The minimum Gasteiger partial charge on any atom is -0.399 e. The van der Waals surface area contributed by atoms with Crippen LogP contribution in [0.4, 0.5) is 5.69 Å². The molecule has 0 spiro atoms. The van der Waals surface area contributed by atoms with E-state index in [-0.39, 0.29) is 17.9 Å². The van der Waals surface area contributed by atoms with Crippen molar-refractivity contribution in [2.75, 3.05) is 5.73 Å². The molecule has 21 heavy (non-hydrogen) atoms. The lowest BCUT2D eigenvalue weighted by atomic mass is 9.97. The maximum atomic E-state index is 12.1. The molecular weight excluding hydrogens is 260 g/mol. The standard InChI is InChI=1S/C18H20N2O/c19-16-9-5-4-8-15(16)12-17(13-6-2-1-3-7-13)20-18(21)14-10-11-14/h1-9,14,17H,10-12,19H2,(H,20,21)/t17-/m1/s1. The van der Waals surface area contributed by atoms with Gasteiger partial charge in [0.05, 0.1) is 6.04 Å². The van der Waals surface area contributed by atoms with Gasteiger partial charge in [-0.25, -0.2) is 0 Å². The maximum Gasteiger partial charge on any atom is 0.223 e. The summed E-state index contributed by atoms with van der Waals surface area (Å²) < 4.78 is 0. The van der Waals surface area contributed by atoms with Gasteiger partial charge in [0.15, 0.2) is 0 Å². The van der Waals surface area contributed by atoms with Crippen molar-refractivity contribution < 1.29 is 4.79 Å². The first kappa shape index (κ1) is 13.7. The molecule has 2 aromatic rings. The van der Waals surface area contributed by atoms with E-state index in [0.29, 0.717) is 0 Å². The molecule has 0 aromatic heterocycles. The van der Waals surface area contributed by atoms with Gasteiger partial charge in [0.25, 0.3) is 0 Å². The lowest BCUT2D eigenvalue weighted by molar-refractivity contribution is -0.123. The highest BCUT2D eigenvalue weighted by molar-refractivity contribution is 5.81. The number of para-hydroxylation sites is 1. The van der Waals surface area contributed by atoms with Crippen LogP contribution in [0, 0.1) is 5.92 Å². The van der Waals surface area contributed by atoms with Crippen LogP contribution in [0.5, 0.6) is 0 Å². The Morgan fingerprint density at radius 2 is 1.76 bits per heavy atom. The molecule has 1 atom stereocenters. The lowest BCUT2D eigenvalue weighted by Gasteiger charge is -2.20. The molecule has 0 saturated heterocycles. The summed E-state index contributed by atoms with van der Waals surface area (Å²) in [5.41, 5.74) is 9.01. The molecule has 3 rings (SSSR count). The Kier molecular flexibility index (Phi) is 3.91. The first-order valence-electron chi connectivity index (χ1n) is 7.43. The normalized spacial score (nSPS) is 15.4. The summed E-state index contributed by atoms with van der Waals surface area (Å²) in [7, 11) is 0. The summed E-state index contributed by atoms with van der Waals surface area (Å²) in [6.45, 7) is 0. The van der Waals surface area contributed by atoms with E-state index < -0.39 is 0 Å². The molecule has 108 valence electrons. The van der Waals surface area contributed by atoms with Crippen molar-refractivity contribution in [1.82, 2.24) is 5.32 Å². The predicted molar refractivity (Wildman–Crippen MR) is 84.6 cm³/mol. The molecule has 1 amide bonds. The zero-order chi connectivity index (χ0) is 14.7. The first-order valence-corrected chi connectivity index (χ1v) is 7.43. The van der Waals surface area contributed by atoms with Crippen LogP contribution in [-0.2, 0) is 11.2 Å². The van der Waals surface area contributed by atoms with Crippen LogP contribution < -0.4 is 11.1 Å². The van der Waals surface area contributed by atoms with Crippen LogP contribution in [0.3, 0.4) is 0 Å². The van der Waals surface area contributed by atoms with Gasteiger partial charge in [0, 0.05) is 11.6 Å². The highest BCUT2D eigenvalue weighted by atomic mass is 16.2. The molecule has 1 saturated carbocycles. The molecule has 3 nitrogen and oxygen atoms in total. The van der Waals surface area contributed by atoms with Gasteiger partial charge in [0.2, 0.25) is 5.91 Å². The van der Waals surface area contributed by atoms with E-state index in [1.54, 1.807) is 0 Å². The zero-order valence-corrected chi connectivity index (χ0v) is 12.0. The van der Waals surface area contributed by atoms with E-state index in [9.17, 15) is 4.79 Å². The van der Waals surface area contributed by atoms with Crippen LogP contribution in [0.25, 0.3) is 0 Å². The van der Waals surface area contributed by atoms with Gasteiger partial charge < -0.3 is 11.1 Å². The number of hydrogen-bond acceptors (Lipinski definition) is 2. The molecule has 0 heterocycles. The fourth-order valence-corrected chi connectivity index (χ4v) is 2.51. The average Bonchev–Trinajstić information content (AvgIpc) is 3.34. The molecular formula is C18H20N2O. The van der Waals surface area contributed by atoms with Crippen LogP contribution >= 0.6 is 0 Å². The van der Waals surface area contributed by atoms with Gasteiger partial charge in [-0.05, 0) is 36.5 Å². The van der Waals surface area contributed by atoms with E-state index >= 15 is 0 Å². The molecule has 0 bridgehead atoms. The summed E-state index contributed by atoms with van der Waals surface area (Å²) in [5.74, 6) is 0.377. The van der Waals surface area contributed by atoms with E-state index in [1.165, 1.54) is 0 Å². The Morgan fingerprint density at radius 1 is 1.10 bits per heavy atom. The molecule has 0 radical (unpaired) electrons. The Morgan fingerprint density at radius 3 is 2.43 bits per heavy atom. The smallest absolute Gasteiger partial charge is 0.223 e. The number of amides is 1. The molecule has 3 heteroatoms. The first-order chi connectivity index (χ1) is 10.2. The van der Waals surface area contributed by atoms with E-state index in [4.69, 9.17) is 5.73 Å². The monoisotopic (exact) mass is 280 g/mol. The summed E-state index contributed by atoms with van der Waals surface area (Å²) in [4.78, 5) is 12.1. The van der Waals surface area contributed by atoms with Gasteiger partial charge in [-0.2, -0.15) is 0 Å². The number of nitrogens with one attached hydrogen (secondary N) is 1. The Bertz CT molecular complexity index is 620. The summed E-state index contributed by atoms with van der Waals surface area (Å²) in [6.07, 6.45) is 2.75. The van der Waals surface area contributed by atoms with Crippen molar-refractivity contribution in [1.29, 1.82) is 0 Å². The number of nitrogens with two attached hydrogens (primary N) is 1. The highest BCUT2D eigenvalue weighted by Gasteiger charge is 2.31. The van der Waals surface area contributed by atoms with Gasteiger partial charge in [-0.3, -0.25) is 4.79 Å². The second-order valence-electron chi connectivity index (χ2n) is 5.65. The van der Waals surface area contributed by atoms with Gasteiger partial charge in [-0.1, -0.05) is 48.5 Å². The van der Waals surface area contributed by atoms with E-state index in [2.05, 4.69) is 17.4 Å². The van der Waals surface area contributed by atoms with Crippen molar-refractivity contribution in [3.63, 3.8) is 0 Å². The molecule has 0 aliphatic heterocycles. The molecule has 0 unspecified atom stereocenters. The minimum atomic E-state index is -0.0241. The number of benzene rings is 2. The maximum absolute atomic E-state index is 12.1. The Balaban J connectivity index is 1.81. The molecule has 1 fully saturated rings. The largest absolute Gasteiger partial charge is 0.399 e. The fourth-order valence-electron chi connectivity index (χ4n) is 2.51. The third-order valence-electron chi connectivity index (χ3n) is 3.95. The number of carbonyl (C=O) groups excluding carboxylic acids is 1. The van der Waals surface area contributed by atoms with E-state index in [0.717, 1.165) is 36.1 Å². The number of nitrogen functional groups attached to an aromatic ring is 1. The molecule has 1 aliphatic carbocycles. The van der Waals surface area contributed by atoms with Crippen molar-refractivity contribution >= 4 is 11.6 Å². The van der Waals surface area contributed by atoms with Crippen molar-refractivity contribution in [3.05, 3.63) is 65.7 Å². The van der Waals surface area contributed by atoms with Gasteiger partial charge >= 0.3 is 0 Å². The summed E-state index contributed by atoms with van der Waals surface area (Å²) >= 11 is 0. The Hall–Kier alpha value is -2.29. The zero-order valence-electron chi connectivity index (χ0n) is 12.0. The highest BCUT2D eigenvalue weighted by Crippen LogP contribution is 2.30. The second-order valence-corrected chi connectivity index (χ2v) is 5.65. The van der Waals surface area contributed by atoms with Crippen LogP contribution in [-0.4, -0.2) is 5.91 Å². The quantitative estimate of drug-likeness (QED) is 0.827. The second kappa shape index (κ2) is 6.00. The third-order valence-corrected chi connectivity index (χ3v) is 3.95. The average molecular weight is 280 g/mol. The number of hydrogen-bond donors (Lipinski definition) is 2. The molecule has 1 aliphatic rings. The number of carbonyl (C=O) groups is 1. The third kappa shape index (κ3) is 3.43. The van der Waals surface area contributed by atoms with Gasteiger partial charge in [0.1, 0.15) is 0 Å². The molecule has 3 N–H and O–H groups in total. The van der Waals surface area contributed by atoms with Gasteiger partial charge in [-0.15, -0.1) is 0 Å². The fraction of sp³-hybridized carbons (Fsp3) is 0.278. The topological polar surface area (TPSA) is 55.1 Å². The van der Waals surface area contributed by atoms with E-state index in [1.807, 2.05) is 42.5 Å². The number of rotatable bonds is 5. The van der Waals surface area contributed by atoms with Crippen molar-refractivity contribution in [3.8, 4) is 0 Å². The Labute approximate surface area is 125 Å². The van der Waals surface area contributed by atoms with Crippen molar-refractivity contribution in [2.24, 2.45) is 5.92 Å². The molecule has 2 aromatic carbocycles. The summed E-state index contributed by atoms with van der Waals surface area (Å²) in [5, 5.41) is 3.18. The number of anilines is 1. The predicted octanol–water partition coefficient (Wildman–Crippen LogP) is 3.08. The lowest BCUT2D eigenvalue weighted by Crippen LogP contribution is -2.31.